The van der Waals surface area contributed by atoms with Crippen LogP contribution in [0.15, 0.2) is 47.6 Å². The highest BCUT2D eigenvalue weighted by Crippen LogP contribution is 2.15. The molecule has 2 N–H and O–H groups in total. The molecule has 0 aliphatic heterocycles. The summed E-state index contributed by atoms with van der Waals surface area (Å²) in [5.41, 5.74) is 1.50. The highest BCUT2D eigenvalue weighted by atomic mass is 127. The lowest BCUT2D eigenvalue weighted by Crippen LogP contribution is -2.37. The third-order valence-corrected chi connectivity index (χ3v) is 3.29. The van der Waals surface area contributed by atoms with Crippen LogP contribution in [0.1, 0.15) is 25.0 Å². The smallest absolute Gasteiger partial charge is 0.218 e. The van der Waals surface area contributed by atoms with Gasteiger partial charge in [0.1, 0.15) is 5.82 Å². The monoisotopic (exact) mass is 458 g/mol. The molecule has 7 heteroatoms. The fourth-order valence-electron chi connectivity index (χ4n) is 2.14. The first-order valence-electron chi connectivity index (χ1n) is 8.06. The SMILES string of the molecule is CCNC(=NCc1cccnc1OCC)NCc1ccccc1F.I. The number of benzene rings is 1. The number of hydrogen-bond donors (Lipinski definition) is 2. The van der Waals surface area contributed by atoms with Crippen molar-refractivity contribution in [3.63, 3.8) is 0 Å². The molecule has 0 aliphatic carbocycles. The Morgan fingerprint density at radius 2 is 1.88 bits per heavy atom. The Morgan fingerprint density at radius 3 is 2.60 bits per heavy atom. The van der Waals surface area contributed by atoms with Gasteiger partial charge in [0.25, 0.3) is 0 Å². The maximum absolute atomic E-state index is 13.7. The van der Waals surface area contributed by atoms with Crippen molar-refractivity contribution in [3.8, 4) is 5.88 Å². The molecule has 0 unspecified atom stereocenters. The molecule has 1 aromatic heterocycles. The zero-order valence-electron chi connectivity index (χ0n) is 14.5. The molecule has 0 saturated heterocycles. The maximum Gasteiger partial charge on any atom is 0.218 e. The minimum absolute atomic E-state index is 0. The normalized spacial score (nSPS) is 10.8. The van der Waals surface area contributed by atoms with Crippen LogP contribution in [0.4, 0.5) is 4.39 Å². The average molecular weight is 458 g/mol. The second-order valence-corrected chi connectivity index (χ2v) is 5.04. The van der Waals surface area contributed by atoms with Gasteiger partial charge in [-0.2, -0.15) is 0 Å². The Bertz CT molecular complexity index is 682. The first-order chi connectivity index (χ1) is 11.7. The predicted octanol–water partition coefficient (Wildman–Crippen LogP) is 3.49. The molecule has 0 amide bonds. The predicted molar refractivity (Wildman–Crippen MR) is 109 cm³/mol. The Hall–Kier alpha value is -1.90. The summed E-state index contributed by atoms with van der Waals surface area (Å²) < 4.78 is 19.2. The summed E-state index contributed by atoms with van der Waals surface area (Å²) in [4.78, 5) is 8.74. The van der Waals surface area contributed by atoms with Crippen molar-refractivity contribution in [2.24, 2.45) is 4.99 Å². The van der Waals surface area contributed by atoms with Crippen molar-refractivity contribution in [2.45, 2.75) is 26.9 Å². The number of nitrogens with one attached hydrogen (secondary N) is 2. The summed E-state index contributed by atoms with van der Waals surface area (Å²) in [6, 6.07) is 10.5. The molecule has 0 saturated carbocycles. The van der Waals surface area contributed by atoms with E-state index in [0.29, 0.717) is 43.6 Å². The van der Waals surface area contributed by atoms with Gasteiger partial charge in [-0.1, -0.05) is 24.3 Å². The second-order valence-electron chi connectivity index (χ2n) is 5.04. The minimum Gasteiger partial charge on any atom is -0.478 e. The van der Waals surface area contributed by atoms with E-state index in [0.717, 1.165) is 5.56 Å². The summed E-state index contributed by atoms with van der Waals surface area (Å²) in [6.07, 6.45) is 1.69. The Kier molecular flexibility index (Phi) is 9.83. The van der Waals surface area contributed by atoms with E-state index in [9.17, 15) is 4.39 Å². The summed E-state index contributed by atoms with van der Waals surface area (Å²) in [6.45, 7) is 5.96. The van der Waals surface area contributed by atoms with Crippen molar-refractivity contribution in [3.05, 3.63) is 59.5 Å². The van der Waals surface area contributed by atoms with Crippen LogP contribution in [0.25, 0.3) is 0 Å². The number of rotatable bonds is 7. The molecular formula is C18H24FIN4O. The number of pyridine rings is 1. The molecule has 0 radical (unpaired) electrons. The van der Waals surface area contributed by atoms with Crippen LogP contribution in [-0.4, -0.2) is 24.1 Å². The molecule has 0 atom stereocenters. The molecule has 25 heavy (non-hydrogen) atoms. The van der Waals surface area contributed by atoms with E-state index < -0.39 is 0 Å². The number of aromatic nitrogens is 1. The quantitative estimate of drug-likeness (QED) is 0.379. The van der Waals surface area contributed by atoms with E-state index in [1.54, 1.807) is 18.3 Å². The standard InChI is InChI=1S/C18H23FN4O.HI/c1-3-20-18(22-12-14-8-5-6-10-16(14)19)23-13-15-9-7-11-21-17(15)24-4-2;/h5-11H,3-4,12-13H2,1-2H3,(H2,20,22,23);1H. The van der Waals surface area contributed by atoms with Gasteiger partial charge in [0.15, 0.2) is 5.96 Å². The minimum atomic E-state index is -0.230. The third kappa shape index (κ3) is 6.85. The summed E-state index contributed by atoms with van der Waals surface area (Å²) in [5, 5.41) is 6.29. The molecule has 0 fully saturated rings. The zero-order chi connectivity index (χ0) is 17.2. The number of hydrogen-bond acceptors (Lipinski definition) is 3. The molecule has 0 aliphatic rings. The first kappa shape index (κ1) is 21.1. The topological polar surface area (TPSA) is 58.5 Å². The first-order valence-corrected chi connectivity index (χ1v) is 8.06. The van der Waals surface area contributed by atoms with Gasteiger partial charge >= 0.3 is 0 Å². The van der Waals surface area contributed by atoms with Gasteiger partial charge in [-0.05, 0) is 26.0 Å². The van der Waals surface area contributed by atoms with E-state index in [1.807, 2.05) is 32.0 Å². The van der Waals surface area contributed by atoms with Crippen molar-refractivity contribution >= 4 is 29.9 Å². The van der Waals surface area contributed by atoms with Gasteiger partial charge in [-0.25, -0.2) is 14.4 Å². The Morgan fingerprint density at radius 1 is 1.12 bits per heavy atom. The van der Waals surface area contributed by atoms with Gasteiger partial charge in [-0.15, -0.1) is 24.0 Å². The van der Waals surface area contributed by atoms with E-state index in [-0.39, 0.29) is 29.8 Å². The van der Waals surface area contributed by atoms with Crippen LogP contribution in [0, 0.1) is 5.82 Å². The zero-order valence-corrected chi connectivity index (χ0v) is 16.8. The van der Waals surface area contributed by atoms with Crippen molar-refractivity contribution < 1.29 is 9.13 Å². The van der Waals surface area contributed by atoms with Gasteiger partial charge in [0.05, 0.1) is 13.2 Å². The van der Waals surface area contributed by atoms with Gasteiger partial charge in [0.2, 0.25) is 5.88 Å². The number of ether oxygens (including phenoxy) is 1. The molecule has 5 nitrogen and oxygen atoms in total. The van der Waals surface area contributed by atoms with Crippen LogP contribution in [0.2, 0.25) is 0 Å². The largest absolute Gasteiger partial charge is 0.478 e. The van der Waals surface area contributed by atoms with E-state index in [2.05, 4.69) is 20.6 Å². The third-order valence-electron chi connectivity index (χ3n) is 3.29. The number of aliphatic imine (C=N–C) groups is 1. The number of nitrogens with zero attached hydrogens (tertiary/aromatic N) is 2. The molecule has 1 heterocycles. The van der Waals surface area contributed by atoms with Gasteiger partial charge < -0.3 is 15.4 Å². The molecule has 2 rings (SSSR count). The highest BCUT2D eigenvalue weighted by molar-refractivity contribution is 14.0. The number of guanidine groups is 1. The lowest BCUT2D eigenvalue weighted by atomic mass is 10.2. The summed E-state index contributed by atoms with van der Waals surface area (Å²) in [7, 11) is 0. The van der Waals surface area contributed by atoms with Gasteiger partial charge in [0, 0.05) is 30.4 Å². The highest BCUT2D eigenvalue weighted by Gasteiger charge is 2.05. The second kappa shape index (κ2) is 11.6. The van der Waals surface area contributed by atoms with Crippen LogP contribution in [-0.2, 0) is 13.1 Å². The van der Waals surface area contributed by atoms with Crippen LogP contribution in [0.3, 0.4) is 0 Å². The fourth-order valence-corrected chi connectivity index (χ4v) is 2.14. The van der Waals surface area contributed by atoms with Crippen molar-refractivity contribution in [1.29, 1.82) is 0 Å². The van der Waals surface area contributed by atoms with Crippen molar-refractivity contribution in [1.82, 2.24) is 15.6 Å². The lowest BCUT2D eigenvalue weighted by molar-refractivity contribution is 0.323. The Labute approximate surface area is 165 Å². The maximum atomic E-state index is 13.7. The summed E-state index contributed by atoms with van der Waals surface area (Å²) in [5.74, 6) is 0.979. The molecule has 0 spiro atoms. The van der Waals surface area contributed by atoms with E-state index in [1.165, 1.54) is 6.07 Å². The molecular weight excluding hydrogens is 434 g/mol. The van der Waals surface area contributed by atoms with E-state index in [4.69, 9.17) is 4.74 Å². The van der Waals surface area contributed by atoms with Crippen LogP contribution in [0.5, 0.6) is 5.88 Å². The molecule has 2 aromatic rings. The van der Waals surface area contributed by atoms with Crippen LogP contribution >= 0.6 is 24.0 Å². The van der Waals surface area contributed by atoms with Crippen molar-refractivity contribution in [2.75, 3.05) is 13.2 Å². The lowest BCUT2D eigenvalue weighted by Gasteiger charge is -2.12. The van der Waals surface area contributed by atoms with Crippen LogP contribution < -0.4 is 15.4 Å². The molecule has 0 bridgehead atoms. The molecule has 1 aromatic carbocycles. The average Bonchev–Trinajstić information content (AvgIpc) is 2.60. The molecule has 136 valence electrons. The van der Waals surface area contributed by atoms with Gasteiger partial charge in [-0.3, -0.25) is 0 Å². The fraction of sp³-hybridized carbons (Fsp3) is 0.333. The Balaban J connectivity index is 0.00000312. The number of halogens is 2. The summed E-state index contributed by atoms with van der Waals surface area (Å²) >= 11 is 0. The van der Waals surface area contributed by atoms with E-state index >= 15 is 0 Å².